The summed E-state index contributed by atoms with van der Waals surface area (Å²) in [5, 5.41) is 7.62. The van der Waals surface area contributed by atoms with Crippen LogP contribution in [0.15, 0.2) is 17.8 Å². The maximum atomic E-state index is 5.71. The fourth-order valence-corrected chi connectivity index (χ4v) is 1.60. The maximum absolute atomic E-state index is 5.71. The van der Waals surface area contributed by atoms with E-state index >= 15 is 0 Å². The molecule has 2 aromatic heterocycles. The van der Waals surface area contributed by atoms with Gasteiger partial charge in [0, 0.05) is 5.38 Å². The summed E-state index contributed by atoms with van der Waals surface area (Å²) in [6.45, 7) is 1.96. The monoisotopic (exact) mass is 199 g/mol. The molecule has 62 valence electrons. The van der Waals surface area contributed by atoms with E-state index in [4.69, 9.17) is 11.6 Å². The van der Waals surface area contributed by atoms with Crippen LogP contribution in [0.3, 0.4) is 0 Å². The van der Waals surface area contributed by atoms with Crippen LogP contribution in [-0.4, -0.2) is 14.8 Å². The van der Waals surface area contributed by atoms with Crippen molar-refractivity contribution in [1.82, 2.24) is 14.8 Å². The van der Waals surface area contributed by atoms with Gasteiger partial charge in [-0.25, -0.2) is 9.67 Å². The highest BCUT2D eigenvalue weighted by atomic mass is 35.5. The smallest absolute Gasteiger partial charge is 0.164 e. The minimum absolute atomic E-state index is 0.626. The van der Waals surface area contributed by atoms with E-state index in [2.05, 4.69) is 10.1 Å². The van der Waals surface area contributed by atoms with Crippen molar-refractivity contribution in [2.24, 2.45) is 0 Å². The quantitative estimate of drug-likeness (QED) is 0.706. The van der Waals surface area contributed by atoms with Crippen LogP contribution >= 0.6 is 22.9 Å². The Morgan fingerprint density at radius 2 is 2.42 bits per heavy atom. The van der Waals surface area contributed by atoms with Gasteiger partial charge in [-0.2, -0.15) is 5.10 Å². The van der Waals surface area contributed by atoms with E-state index in [0.29, 0.717) is 5.02 Å². The predicted octanol–water partition coefficient (Wildman–Crippen LogP) is 2.29. The zero-order valence-electron chi connectivity index (χ0n) is 6.36. The maximum Gasteiger partial charge on any atom is 0.164 e. The van der Waals surface area contributed by atoms with Crippen molar-refractivity contribution < 1.29 is 0 Å². The first kappa shape index (κ1) is 7.76. The first-order chi connectivity index (χ1) is 5.75. The Balaban J connectivity index is 2.43. The average molecular weight is 200 g/mol. The highest BCUT2D eigenvalue weighted by molar-refractivity contribution is 7.09. The van der Waals surface area contributed by atoms with Gasteiger partial charge in [-0.15, -0.1) is 11.3 Å². The van der Waals surface area contributed by atoms with Crippen molar-refractivity contribution in [3.8, 4) is 5.82 Å². The fourth-order valence-electron chi connectivity index (χ4n) is 0.883. The minimum atomic E-state index is 0.626. The number of hydrogen-bond acceptors (Lipinski definition) is 3. The molecule has 0 saturated carbocycles. The highest BCUT2D eigenvalue weighted by Gasteiger charge is 2.01. The summed E-state index contributed by atoms with van der Waals surface area (Å²) in [4.78, 5) is 4.25. The van der Waals surface area contributed by atoms with Gasteiger partial charge in [-0.3, -0.25) is 0 Å². The van der Waals surface area contributed by atoms with Crippen LogP contribution in [-0.2, 0) is 0 Å². The molecule has 0 bridgehead atoms. The molecule has 0 radical (unpaired) electrons. The van der Waals surface area contributed by atoms with Gasteiger partial charge in [0.1, 0.15) is 0 Å². The van der Waals surface area contributed by atoms with Gasteiger partial charge in [0.05, 0.1) is 22.4 Å². The Hall–Kier alpha value is -0.870. The molecule has 0 unspecified atom stereocenters. The Kier molecular flexibility index (Phi) is 1.86. The average Bonchev–Trinajstić information content (AvgIpc) is 2.58. The normalized spacial score (nSPS) is 10.5. The van der Waals surface area contributed by atoms with Gasteiger partial charge in [0.2, 0.25) is 0 Å². The highest BCUT2D eigenvalue weighted by Crippen LogP contribution is 2.14. The number of nitrogens with zero attached hydrogens (tertiary/aromatic N) is 3. The topological polar surface area (TPSA) is 30.7 Å². The van der Waals surface area contributed by atoms with Crippen molar-refractivity contribution in [3.05, 3.63) is 27.8 Å². The van der Waals surface area contributed by atoms with Crippen molar-refractivity contribution >= 4 is 22.9 Å². The molecule has 12 heavy (non-hydrogen) atoms. The third-order valence-corrected chi connectivity index (χ3v) is 2.35. The molecule has 2 rings (SSSR count). The van der Waals surface area contributed by atoms with E-state index < -0.39 is 0 Å². The lowest BCUT2D eigenvalue weighted by Crippen LogP contribution is -1.93. The van der Waals surface area contributed by atoms with Gasteiger partial charge in [0.25, 0.3) is 0 Å². The summed E-state index contributed by atoms with van der Waals surface area (Å²) >= 11 is 7.30. The number of aromatic nitrogens is 3. The molecule has 2 aromatic rings. The first-order valence-electron chi connectivity index (χ1n) is 3.38. The first-order valence-corrected chi connectivity index (χ1v) is 4.64. The molecule has 2 heterocycles. The summed E-state index contributed by atoms with van der Waals surface area (Å²) in [6, 6.07) is 0. The Morgan fingerprint density at radius 3 is 2.92 bits per heavy atom. The van der Waals surface area contributed by atoms with E-state index in [1.54, 1.807) is 28.4 Å². The molecular formula is C7H6ClN3S. The number of aryl methyl sites for hydroxylation is 1. The summed E-state index contributed by atoms with van der Waals surface area (Å²) in [6.07, 6.45) is 3.33. The molecule has 0 spiro atoms. The van der Waals surface area contributed by atoms with E-state index in [1.807, 2.05) is 12.3 Å². The van der Waals surface area contributed by atoms with Gasteiger partial charge < -0.3 is 0 Å². The van der Waals surface area contributed by atoms with Gasteiger partial charge in [-0.1, -0.05) is 11.6 Å². The Morgan fingerprint density at radius 1 is 1.58 bits per heavy atom. The van der Waals surface area contributed by atoms with Crippen molar-refractivity contribution in [3.63, 3.8) is 0 Å². The van der Waals surface area contributed by atoms with E-state index in [0.717, 1.165) is 10.8 Å². The number of thiazole rings is 1. The SMILES string of the molecule is Cc1nc(-n2cc(Cl)cn2)cs1. The fraction of sp³-hybridized carbons (Fsp3) is 0.143. The Labute approximate surface area is 78.6 Å². The van der Waals surface area contributed by atoms with Crippen LogP contribution in [0.5, 0.6) is 0 Å². The van der Waals surface area contributed by atoms with Crippen molar-refractivity contribution in [2.75, 3.05) is 0 Å². The number of rotatable bonds is 1. The molecule has 3 nitrogen and oxygen atoms in total. The molecular weight excluding hydrogens is 194 g/mol. The standard InChI is InChI=1S/C7H6ClN3S/c1-5-10-7(4-12-5)11-3-6(8)2-9-11/h2-4H,1H3. The summed E-state index contributed by atoms with van der Waals surface area (Å²) < 4.78 is 1.66. The van der Waals surface area contributed by atoms with Crippen molar-refractivity contribution in [2.45, 2.75) is 6.92 Å². The summed E-state index contributed by atoms with van der Waals surface area (Å²) in [5.41, 5.74) is 0. The van der Waals surface area contributed by atoms with Crippen LogP contribution in [0.2, 0.25) is 5.02 Å². The van der Waals surface area contributed by atoms with Crippen molar-refractivity contribution in [1.29, 1.82) is 0 Å². The third-order valence-electron chi connectivity index (χ3n) is 1.39. The van der Waals surface area contributed by atoms with Gasteiger partial charge in [-0.05, 0) is 6.92 Å². The molecule has 0 aliphatic carbocycles. The lowest BCUT2D eigenvalue weighted by molar-refractivity contribution is 0.851. The summed E-state index contributed by atoms with van der Waals surface area (Å²) in [5.74, 6) is 0.824. The molecule has 0 saturated heterocycles. The second kappa shape index (κ2) is 2.88. The zero-order chi connectivity index (χ0) is 8.55. The van der Waals surface area contributed by atoms with Crippen LogP contribution in [0.25, 0.3) is 5.82 Å². The molecule has 0 N–H and O–H groups in total. The molecule has 0 aliphatic heterocycles. The lowest BCUT2D eigenvalue weighted by atomic mass is 10.7. The second-order valence-electron chi connectivity index (χ2n) is 2.33. The second-order valence-corrected chi connectivity index (χ2v) is 3.83. The van der Waals surface area contributed by atoms with E-state index in [-0.39, 0.29) is 0 Å². The third kappa shape index (κ3) is 1.35. The summed E-state index contributed by atoms with van der Waals surface area (Å²) in [7, 11) is 0. The lowest BCUT2D eigenvalue weighted by Gasteiger charge is -1.91. The van der Waals surface area contributed by atoms with E-state index in [1.165, 1.54) is 0 Å². The van der Waals surface area contributed by atoms with Crippen LogP contribution in [0.4, 0.5) is 0 Å². The van der Waals surface area contributed by atoms with Crippen LogP contribution in [0.1, 0.15) is 5.01 Å². The molecule has 0 amide bonds. The zero-order valence-corrected chi connectivity index (χ0v) is 7.93. The van der Waals surface area contributed by atoms with E-state index in [9.17, 15) is 0 Å². The molecule has 0 fully saturated rings. The molecule has 0 atom stereocenters. The van der Waals surface area contributed by atoms with Gasteiger partial charge >= 0.3 is 0 Å². The van der Waals surface area contributed by atoms with Gasteiger partial charge in [0.15, 0.2) is 5.82 Å². The largest absolute Gasteiger partial charge is 0.222 e. The molecule has 0 aliphatic rings. The minimum Gasteiger partial charge on any atom is -0.222 e. The number of hydrogen-bond donors (Lipinski definition) is 0. The predicted molar refractivity (Wildman–Crippen MR) is 49.0 cm³/mol. The van der Waals surface area contributed by atoms with Crippen LogP contribution < -0.4 is 0 Å². The molecule has 0 aromatic carbocycles. The molecule has 5 heteroatoms. The Bertz CT molecular complexity index is 355. The van der Waals surface area contributed by atoms with Crippen LogP contribution in [0, 0.1) is 6.92 Å². The number of halogens is 1.